The van der Waals surface area contributed by atoms with E-state index in [1.165, 1.54) is 109 Å². The first kappa shape index (κ1) is 59.4. The van der Waals surface area contributed by atoms with Crippen LogP contribution < -0.4 is 14.7 Å². The zero-order valence-corrected chi connectivity index (χ0v) is 55.8. The van der Waals surface area contributed by atoms with E-state index in [-0.39, 0.29) is 6.04 Å². The van der Waals surface area contributed by atoms with Crippen LogP contribution in [-0.4, -0.2) is 6.04 Å². The maximum absolute atomic E-state index is 2.55. The molecule has 2 aliphatic rings. The topological polar surface area (TPSA) is 9.72 Å². The Morgan fingerprint density at radius 2 is 0.723 bits per heavy atom. The standard InChI is InChI=1S/C98H69N3/c1-4-25-71(26-5-1)92-65-93(72-42-47-83(48-43-72)100(85-51-38-67-21-11-16-28-75(67)59-85)86-52-39-68-22-12-17-29-76(68)60-86)97-90-56-46-80(79-37-36-66-20-10-15-27-74(66)58-79)63-94(90)95-64-89(99(81-32-6-2-7-33-81)82-34-8-3-9-35-82)55-57-91(95)98(97)96(92)73-44-49-84(50-45-73)101(87-53-40-69-23-13-18-30-77(69)61-87)88-54-41-70-24-14-19-31-78(70)62-88/h1-18,20-30,32-59,61-65,86H,19,31,60H2. The van der Waals surface area contributed by atoms with Gasteiger partial charge in [-0.25, -0.2) is 0 Å². The molecule has 3 nitrogen and oxygen atoms in total. The van der Waals surface area contributed by atoms with Crippen molar-refractivity contribution in [2.24, 2.45) is 0 Å². The Kier molecular flexibility index (Phi) is 14.9. The molecule has 0 amide bonds. The summed E-state index contributed by atoms with van der Waals surface area (Å²) in [5, 5.41) is 14.5. The van der Waals surface area contributed by atoms with E-state index in [0.29, 0.717) is 0 Å². The first-order valence-electron chi connectivity index (χ1n) is 35.3. The fourth-order valence-corrected chi connectivity index (χ4v) is 16.2. The van der Waals surface area contributed by atoms with Crippen molar-refractivity contribution in [1.82, 2.24) is 0 Å². The second-order valence-corrected chi connectivity index (χ2v) is 27.0. The minimum Gasteiger partial charge on any atom is -0.334 e. The average Bonchev–Trinajstić information content (AvgIpc) is 0.705. The molecular formula is C98H69N3. The molecule has 101 heavy (non-hydrogen) atoms. The summed E-state index contributed by atoms with van der Waals surface area (Å²) in [5.74, 6) is 0. The van der Waals surface area contributed by atoms with E-state index in [1.807, 2.05) is 0 Å². The Labute approximate surface area is 589 Å². The van der Waals surface area contributed by atoms with E-state index in [9.17, 15) is 0 Å². The lowest BCUT2D eigenvalue weighted by Crippen LogP contribution is -2.32. The molecular weight excluding hydrogens is 1220 g/mol. The van der Waals surface area contributed by atoms with Crippen molar-refractivity contribution in [3.05, 3.63) is 386 Å². The van der Waals surface area contributed by atoms with Crippen LogP contribution >= 0.6 is 0 Å². The SMILES string of the molecule is C1=Cc2ccc(N(c3ccc(-c4c(-c5ccccc5)cc(-c5ccc(N(c6ccc7ccccc7c6)C6C=Cc7ccccc7C6)cc5)c5c6ccc(-c7ccc8ccccc8c7)cc6c6cc(N(c7ccccc7)c7ccccc7)ccc6c45)cc3)c3ccc4ccccc4c3)cc2CC1. The van der Waals surface area contributed by atoms with Gasteiger partial charge < -0.3 is 14.7 Å². The van der Waals surface area contributed by atoms with Gasteiger partial charge >= 0.3 is 0 Å². The number of hydrogen-bond acceptors (Lipinski definition) is 3. The van der Waals surface area contributed by atoms with Gasteiger partial charge in [0.25, 0.3) is 0 Å². The molecule has 0 heterocycles. The lowest BCUT2D eigenvalue weighted by Gasteiger charge is -2.34. The highest BCUT2D eigenvalue weighted by Crippen LogP contribution is 2.52. The Bertz CT molecular complexity index is 6070. The summed E-state index contributed by atoms with van der Waals surface area (Å²) in [6.45, 7) is 0. The summed E-state index contributed by atoms with van der Waals surface area (Å²) in [5.41, 5.74) is 23.5. The molecule has 0 radical (unpaired) electrons. The minimum atomic E-state index is 0.0832. The maximum atomic E-state index is 2.55. The minimum absolute atomic E-state index is 0.0832. The maximum Gasteiger partial charge on any atom is 0.0566 e. The van der Waals surface area contributed by atoms with E-state index < -0.39 is 0 Å². The number of rotatable bonds is 13. The molecule has 1 atom stereocenters. The van der Waals surface area contributed by atoms with E-state index in [2.05, 4.69) is 391 Å². The predicted molar refractivity (Wildman–Crippen MR) is 431 cm³/mol. The second-order valence-electron chi connectivity index (χ2n) is 27.0. The lowest BCUT2D eigenvalue weighted by atomic mass is 9.81. The van der Waals surface area contributed by atoms with Gasteiger partial charge in [0.2, 0.25) is 0 Å². The number of benzene rings is 17. The zero-order valence-electron chi connectivity index (χ0n) is 55.8. The summed E-state index contributed by atoms with van der Waals surface area (Å²) >= 11 is 0. The van der Waals surface area contributed by atoms with Crippen LogP contribution in [0.1, 0.15) is 28.7 Å². The van der Waals surface area contributed by atoms with Crippen molar-refractivity contribution >= 4 is 122 Å². The fourth-order valence-electron chi connectivity index (χ4n) is 16.2. The van der Waals surface area contributed by atoms with E-state index in [1.54, 1.807) is 0 Å². The molecule has 17 aromatic rings. The zero-order chi connectivity index (χ0) is 66.7. The molecule has 0 aromatic heterocycles. The summed E-state index contributed by atoms with van der Waals surface area (Å²) in [7, 11) is 0. The van der Waals surface area contributed by atoms with Gasteiger partial charge in [0.1, 0.15) is 0 Å². The van der Waals surface area contributed by atoms with Gasteiger partial charge in [0, 0.05) is 45.5 Å². The molecule has 0 bridgehead atoms. The average molecular weight is 1290 g/mol. The van der Waals surface area contributed by atoms with Crippen LogP contribution in [0.2, 0.25) is 0 Å². The molecule has 0 fully saturated rings. The molecule has 0 saturated heterocycles. The van der Waals surface area contributed by atoms with Gasteiger partial charge in [-0.05, 0) is 266 Å². The van der Waals surface area contributed by atoms with Crippen molar-refractivity contribution in [2.45, 2.75) is 25.3 Å². The first-order chi connectivity index (χ1) is 50.0. The molecule has 476 valence electrons. The molecule has 19 rings (SSSR count). The van der Waals surface area contributed by atoms with Gasteiger partial charge in [-0.2, -0.15) is 0 Å². The molecule has 0 N–H and O–H groups in total. The van der Waals surface area contributed by atoms with Gasteiger partial charge in [-0.15, -0.1) is 0 Å². The fraction of sp³-hybridized carbons (Fsp3) is 0.0408. The third kappa shape index (κ3) is 10.9. The van der Waals surface area contributed by atoms with Gasteiger partial charge in [0.15, 0.2) is 0 Å². The number of para-hydroxylation sites is 2. The second kappa shape index (κ2) is 25.2. The largest absolute Gasteiger partial charge is 0.334 e. The predicted octanol–water partition coefficient (Wildman–Crippen LogP) is 26.9. The molecule has 2 aliphatic carbocycles. The first-order valence-corrected chi connectivity index (χ1v) is 35.3. The lowest BCUT2D eigenvalue weighted by molar-refractivity contribution is 0.767. The molecule has 3 heteroatoms. The van der Waals surface area contributed by atoms with Gasteiger partial charge in [-0.1, -0.05) is 261 Å². The summed E-state index contributed by atoms with van der Waals surface area (Å²) in [6, 6.07) is 132. The van der Waals surface area contributed by atoms with E-state index in [0.717, 1.165) is 87.0 Å². The van der Waals surface area contributed by atoms with E-state index >= 15 is 0 Å². The van der Waals surface area contributed by atoms with Crippen molar-refractivity contribution < 1.29 is 0 Å². The molecule has 0 spiro atoms. The molecule has 0 saturated carbocycles. The van der Waals surface area contributed by atoms with Crippen molar-refractivity contribution in [3.8, 4) is 44.5 Å². The van der Waals surface area contributed by atoms with Crippen LogP contribution in [0.3, 0.4) is 0 Å². The van der Waals surface area contributed by atoms with Crippen LogP contribution in [0.25, 0.3) is 121 Å². The quantitative estimate of drug-likeness (QED) is 0.107. The van der Waals surface area contributed by atoms with Crippen LogP contribution in [0.4, 0.5) is 45.5 Å². The number of anilines is 8. The van der Waals surface area contributed by atoms with Crippen LogP contribution in [0.15, 0.2) is 364 Å². The third-order valence-electron chi connectivity index (χ3n) is 21.1. The number of allylic oxidation sites excluding steroid dienone is 1. The highest BCUT2D eigenvalue weighted by atomic mass is 15.2. The van der Waals surface area contributed by atoms with Crippen molar-refractivity contribution in [1.29, 1.82) is 0 Å². The Balaban J connectivity index is 0.877. The highest BCUT2D eigenvalue weighted by Gasteiger charge is 2.27. The Morgan fingerprint density at radius 1 is 0.257 bits per heavy atom. The Morgan fingerprint density at radius 3 is 1.45 bits per heavy atom. The summed E-state index contributed by atoms with van der Waals surface area (Å²) in [4.78, 5) is 7.40. The highest BCUT2D eigenvalue weighted by molar-refractivity contribution is 6.33. The molecule has 1 unspecified atom stereocenters. The van der Waals surface area contributed by atoms with Crippen LogP contribution in [0.5, 0.6) is 0 Å². The number of fused-ring (bicyclic) bond motifs is 11. The number of aryl methyl sites for hydroxylation is 1. The van der Waals surface area contributed by atoms with E-state index in [4.69, 9.17) is 0 Å². The van der Waals surface area contributed by atoms with Crippen LogP contribution in [0, 0.1) is 0 Å². The van der Waals surface area contributed by atoms with Gasteiger partial charge in [0.05, 0.1) is 6.04 Å². The monoisotopic (exact) mass is 1290 g/mol. The smallest absolute Gasteiger partial charge is 0.0566 e. The summed E-state index contributed by atoms with van der Waals surface area (Å²) < 4.78 is 0. The van der Waals surface area contributed by atoms with Crippen molar-refractivity contribution in [3.63, 3.8) is 0 Å². The Hall–Kier alpha value is -12.8. The van der Waals surface area contributed by atoms with Crippen LogP contribution in [-0.2, 0) is 12.8 Å². The molecule has 17 aromatic carbocycles. The van der Waals surface area contributed by atoms with Crippen molar-refractivity contribution in [2.75, 3.05) is 14.7 Å². The summed E-state index contributed by atoms with van der Waals surface area (Å²) in [6.07, 6.45) is 12.2. The van der Waals surface area contributed by atoms with Gasteiger partial charge in [-0.3, -0.25) is 0 Å². The molecule has 0 aliphatic heterocycles. The number of hydrogen-bond donors (Lipinski definition) is 0. The third-order valence-corrected chi connectivity index (χ3v) is 21.1. The number of nitrogens with zero attached hydrogens (tertiary/aromatic N) is 3. The normalized spacial score (nSPS) is 13.2.